The second kappa shape index (κ2) is 10.7. The average Bonchev–Trinajstić information content (AvgIpc) is 3.22. The zero-order valence-electron chi connectivity index (χ0n) is 19.7. The van der Waals surface area contributed by atoms with Crippen molar-refractivity contribution in [1.82, 2.24) is 9.21 Å². The van der Waals surface area contributed by atoms with Gasteiger partial charge in [0.25, 0.3) is 5.91 Å². The lowest BCUT2D eigenvalue weighted by Crippen LogP contribution is -2.42. The molecular formula is C22H29N5O6S2. The third-order valence-corrected chi connectivity index (χ3v) is 9.37. The third kappa shape index (κ3) is 5.23. The van der Waals surface area contributed by atoms with Gasteiger partial charge >= 0.3 is 0 Å². The van der Waals surface area contributed by atoms with Crippen LogP contribution in [0.2, 0.25) is 0 Å². The van der Waals surface area contributed by atoms with Gasteiger partial charge in [-0.3, -0.25) is 14.6 Å². The Hall–Kier alpha value is -2.45. The Kier molecular flexibility index (Phi) is 7.81. The Morgan fingerprint density at radius 1 is 1.11 bits per heavy atom. The van der Waals surface area contributed by atoms with Crippen LogP contribution < -0.4 is 11.1 Å². The fourth-order valence-corrected chi connectivity index (χ4v) is 6.80. The van der Waals surface area contributed by atoms with Crippen LogP contribution >= 0.6 is 11.8 Å². The molecule has 35 heavy (non-hydrogen) atoms. The molecule has 2 fully saturated rings. The van der Waals surface area contributed by atoms with Gasteiger partial charge < -0.3 is 25.4 Å². The number of aryl methyl sites for hydroxylation is 1. The molecule has 0 aliphatic carbocycles. The third-order valence-electron chi connectivity index (χ3n) is 6.01. The van der Waals surface area contributed by atoms with E-state index in [4.69, 9.17) is 15.2 Å². The van der Waals surface area contributed by atoms with Crippen molar-refractivity contribution in [2.75, 3.05) is 65.0 Å². The smallest absolute Gasteiger partial charge is 0.258 e. The van der Waals surface area contributed by atoms with Crippen molar-refractivity contribution < 1.29 is 27.5 Å². The van der Waals surface area contributed by atoms with E-state index in [0.717, 1.165) is 11.8 Å². The summed E-state index contributed by atoms with van der Waals surface area (Å²) in [5, 5.41) is 2.29. The van der Waals surface area contributed by atoms with Gasteiger partial charge in [-0.2, -0.15) is 4.31 Å². The van der Waals surface area contributed by atoms with E-state index in [-0.39, 0.29) is 35.2 Å². The summed E-state index contributed by atoms with van der Waals surface area (Å²) in [6, 6.07) is 4.74. The second-order valence-electron chi connectivity index (χ2n) is 8.25. The van der Waals surface area contributed by atoms with Crippen molar-refractivity contribution in [3.63, 3.8) is 0 Å². The maximum atomic E-state index is 13.2. The van der Waals surface area contributed by atoms with E-state index in [9.17, 15) is 18.0 Å². The number of nitrogens with two attached hydrogens (primary N) is 1. The minimum absolute atomic E-state index is 0.124. The van der Waals surface area contributed by atoms with Gasteiger partial charge in [0.2, 0.25) is 15.9 Å². The number of hydrogen-bond donors (Lipinski definition) is 2. The monoisotopic (exact) mass is 523 g/mol. The number of carbonyl (C=O) groups is 2. The first-order chi connectivity index (χ1) is 16.7. The number of anilines is 1. The van der Waals surface area contributed by atoms with Crippen LogP contribution in [-0.4, -0.2) is 99.4 Å². The molecule has 4 rings (SSSR count). The number of aliphatic imine (C=N–C) groups is 1. The lowest BCUT2D eigenvalue weighted by molar-refractivity contribution is -0.130. The number of nitrogens with zero attached hydrogens (tertiary/aromatic N) is 3. The number of carbonyl (C=O) groups excluding carboxylic acids is 2. The number of sulfonamides is 1. The van der Waals surface area contributed by atoms with E-state index in [1.54, 1.807) is 31.0 Å². The van der Waals surface area contributed by atoms with Gasteiger partial charge in [0.15, 0.2) is 0 Å². The molecule has 3 N–H and O–H groups in total. The molecule has 0 spiro atoms. The van der Waals surface area contributed by atoms with Gasteiger partial charge in [0, 0.05) is 44.6 Å². The standard InChI is InChI=1S/C22H29N5O6S2/c1-14-3-4-15(13-16(14)35(30,31)27-7-11-33-12-8-27)25-20(28)19-18(23)17(21(24-2)34-19)22(29)26-5-9-32-10-6-26/h3-4,13,19H,5-12,23H2,1-2H3,(H,25,28). The van der Waals surface area contributed by atoms with Crippen molar-refractivity contribution in [1.29, 1.82) is 0 Å². The van der Waals surface area contributed by atoms with Crippen LogP contribution in [0.25, 0.3) is 0 Å². The van der Waals surface area contributed by atoms with Crippen LogP contribution in [0.3, 0.4) is 0 Å². The van der Waals surface area contributed by atoms with Crippen LogP contribution in [0.1, 0.15) is 5.56 Å². The van der Waals surface area contributed by atoms with Gasteiger partial charge in [0.05, 0.1) is 36.9 Å². The first kappa shape index (κ1) is 25.6. The normalized spacial score (nSPS) is 23.1. The number of morpholine rings is 2. The minimum atomic E-state index is -3.74. The van der Waals surface area contributed by atoms with E-state index in [1.165, 1.54) is 10.4 Å². The van der Waals surface area contributed by atoms with E-state index in [0.29, 0.717) is 55.8 Å². The van der Waals surface area contributed by atoms with Gasteiger partial charge in [-0.05, 0) is 24.6 Å². The summed E-state index contributed by atoms with van der Waals surface area (Å²) in [6.45, 7) is 4.71. The quantitative estimate of drug-likeness (QED) is 0.556. The van der Waals surface area contributed by atoms with Crippen molar-refractivity contribution in [3.05, 3.63) is 35.0 Å². The number of thioether (sulfide) groups is 1. The van der Waals surface area contributed by atoms with Crippen molar-refractivity contribution in [2.24, 2.45) is 10.7 Å². The average molecular weight is 524 g/mol. The molecule has 3 aliphatic rings. The lowest BCUT2D eigenvalue weighted by atomic mass is 10.1. The fourth-order valence-electron chi connectivity index (χ4n) is 4.08. The number of ether oxygens (including phenoxy) is 2. The zero-order valence-corrected chi connectivity index (χ0v) is 21.3. The number of nitrogens with one attached hydrogen (secondary N) is 1. The molecular weight excluding hydrogens is 494 g/mol. The molecule has 1 aromatic carbocycles. The highest BCUT2D eigenvalue weighted by Gasteiger charge is 2.40. The van der Waals surface area contributed by atoms with Gasteiger partial charge in [-0.15, -0.1) is 0 Å². The topological polar surface area (TPSA) is 144 Å². The maximum absolute atomic E-state index is 13.2. The number of amides is 2. The molecule has 3 heterocycles. The SMILES string of the molecule is CN=C1SC(C(=O)Nc2ccc(C)c(S(=O)(=O)N3CCOCC3)c2)C(N)=C1C(=O)N1CCOCC1. The van der Waals surface area contributed by atoms with Crippen LogP contribution in [0.5, 0.6) is 0 Å². The summed E-state index contributed by atoms with van der Waals surface area (Å²) in [5.74, 6) is -0.736. The van der Waals surface area contributed by atoms with E-state index in [2.05, 4.69) is 10.3 Å². The van der Waals surface area contributed by atoms with Gasteiger partial charge in [0.1, 0.15) is 10.3 Å². The zero-order chi connectivity index (χ0) is 25.2. The summed E-state index contributed by atoms with van der Waals surface area (Å²) in [5.41, 5.74) is 7.56. The number of hydrogen-bond acceptors (Lipinski definition) is 9. The molecule has 0 aromatic heterocycles. The summed E-state index contributed by atoms with van der Waals surface area (Å²) in [7, 11) is -2.20. The first-order valence-corrected chi connectivity index (χ1v) is 13.6. The van der Waals surface area contributed by atoms with Crippen molar-refractivity contribution in [3.8, 4) is 0 Å². The highest BCUT2D eigenvalue weighted by Crippen LogP contribution is 2.35. The van der Waals surface area contributed by atoms with E-state index in [1.807, 2.05) is 0 Å². The molecule has 11 nitrogen and oxygen atoms in total. The maximum Gasteiger partial charge on any atom is 0.258 e. The highest BCUT2D eigenvalue weighted by molar-refractivity contribution is 8.16. The molecule has 0 saturated carbocycles. The van der Waals surface area contributed by atoms with Crippen LogP contribution in [0.4, 0.5) is 5.69 Å². The van der Waals surface area contributed by atoms with Crippen LogP contribution in [0, 0.1) is 6.92 Å². The minimum Gasteiger partial charge on any atom is -0.400 e. The molecule has 2 amide bonds. The van der Waals surface area contributed by atoms with Crippen LogP contribution in [0.15, 0.2) is 39.4 Å². The second-order valence-corrected chi connectivity index (χ2v) is 11.2. The van der Waals surface area contributed by atoms with Gasteiger partial charge in [-0.1, -0.05) is 17.8 Å². The Morgan fingerprint density at radius 2 is 1.74 bits per heavy atom. The van der Waals surface area contributed by atoms with Crippen molar-refractivity contribution in [2.45, 2.75) is 17.1 Å². The van der Waals surface area contributed by atoms with Crippen molar-refractivity contribution >= 4 is 44.3 Å². The predicted molar refractivity (Wildman–Crippen MR) is 133 cm³/mol. The Bertz CT molecular complexity index is 1170. The first-order valence-electron chi connectivity index (χ1n) is 11.2. The summed E-state index contributed by atoms with van der Waals surface area (Å²) in [4.78, 5) is 32.2. The highest BCUT2D eigenvalue weighted by atomic mass is 32.2. The predicted octanol–water partition coefficient (Wildman–Crippen LogP) is 0.170. The molecule has 2 saturated heterocycles. The molecule has 13 heteroatoms. The van der Waals surface area contributed by atoms with Gasteiger partial charge in [-0.25, -0.2) is 8.42 Å². The van der Waals surface area contributed by atoms with E-state index >= 15 is 0 Å². The number of benzene rings is 1. The van der Waals surface area contributed by atoms with Crippen LogP contribution in [-0.2, 0) is 29.1 Å². The molecule has 1 atom stereocenters. The molecule has 1 unspecified atom stereocenters. The molecule has 0 bridgehead atoms. The number of rotatable bonds is 5. The summed E-state index contributed by atoms with van der Waals surface area (Å²) < 4.78 is 38.3. The lowest BCUT2D eigenvalue weighted by Gasteiger charge is -2.27. The Labute approximate surface area is 208 Å². The molecule has 3 aliphatic heterocycles. The molecule has 190 valence electrons. The summed E-state index contributed by atoms with van der Waals surface area (Å²) in [6.07, 6.45) is 0. The Morgan fingerprint density at radius 3 is 2.37 bits per heavy atom. The van der Waals surface area contributed by atoms with E-state index < -0.39 is 21.2 Å². The molecule has 0 radical (unpaired) electrons. The Balaban J connectivity index is 1.55. The molecule has 1 aromatic rings. The summed E-state index contributed by atoms with van der Waals surface area (Å²) >= 11 is 1.10. The largest absolute Gasteiger partial charge is 0.400 e. The fraction of sp³-hybridized carbons (Fsp3) is 0.500.